The van der Waals surface area contributed by atoms with Crippen LogP contribution in [0.3, 0.4) is 0 Å². The van der Waals surface area contributed by atoms with Gasteiger partial charge in [-0.25, -0.2) is 4.98 Å². The second-order valence-electron chi connectivity index (χ2n) is 6.04. The van der Waals surface area contributed by atoms with Crippen molar-refractivity contribution in [3.05, 3.63) is 54.5 Å². The van der Waals surface area contributed by atoms with Crippen molar-refractivity contribution in [3.8, 4) is 0 Å². The molecule has 2 unspecified atom stereocenters. The Balaban J connectivity index is 1.48. The smallest absolute Gasteiger partial charge is 0.147 e. The topological polar surface area (TPSA) is 38.2 Å². The fraction of sp³-hybridized carbons (Fsp3) is 0.412. The molecule has 0 aliphatic carbocycles. The zero-order chi connectivity index (χ0) is 14.1. The number of benzene rings is 1. The molecule has 2 atom stereocenters. The molecule has 4 heteroatoms. The molecule has 2 saturated heterocycles. The average Bonchev–Trinajstić information content (AvgIpc) is 3.17. The molecule has 1 aromatic carbocycles. The molecule has 2 aliphatic heterocycles. The summed E-state index contributed by atoms with van der Waals surface area (Å²) in [5.74, 6) is 1.48. The first kappa shape index (κ1) is 12.8. The zero-order valence-corrected chi connectivity index (χ0v) is 12.0. The lowest BCUT2D eigenvalue weighted by atomic mass is 9.89. The normalized spacial score (nSPS) is 28.4. The summed E-state index contributed by atoms with van der Waals surface area (Å²) in [5.41, 5.74) is 1.39. The van der Waals surface area contributed by atoms with Crippen molar-refractivity contribution in [1.29, 1.82) is 0 Å². The van der Waals surface area contributed by atoms with E-state index in [4.69, 9.17) is 4.74 Å². The summed E-state index contributed by atoms with van der Waals surface area (Å²) in [5, 5.41) is 0. The van der Waals surface area contributed by atoms with Crippen molar-refractivity contribution in [2.75, 3.05) is 24.6 Å². The Labute approximate surface area is 124 Å². The molecular weight excluding hydrogens is 262 g/mol. The van der Waals surface area contributed by atoms with Crippen molar-refractivity contribution in [3.63, 3.8) is 0 Å². The van der Waals surface area contributed by atoms with Crippen LogP contribution in [0.2, 0.25) is 0 Å². The van der Waals surface area contributed by atoms with Crippen LogP contribution in [0, 0.1) is 0 Å². The van der Waals surface area contributed by atoms with E-state index in [1.807, 2.05) is 6.20 Å². The average molecular weight is 281 g/mol. The number of rotatable bonds is 2. The quantitative estimate of drug-likeness (QED) is 0.848. The van der Waals surface area contributed by atoms with Crippen LogP contribution in [0.4, 0.5) is 5.82 Å². The predicted octanol–water partition coefficient (Wildman–Crippen LogP) is 2.63. The second kappa shape index (κ2) is 5.11. The van der Waals surface area contributed by atoms with Gasteiger partial charge in [-0.2, -0.15) is 0 Å². The lowest BCUT2D eigenvalue weighted by Crippen LogP contribution is -2.32. The summed E-state index contributed by atoms with van der Waals surface area (Å²) < 4.78 is 6.23. The first-order valence-electron chi connectivity index (χ1n) is 7.55. The number of hydrogen-bond acceptors (Lipinski definition) is 4. The van der Waals surface area contributed by atoms with Crippen LogP contribution in [0.15, 0.2) is 48.9 Å². The molecule has 2 aromatic rings. The van der Waals surface area contributed by atoms with Gasteiger partial charge in [0, 0.05) is 31.4 Å². The molecule has 21 heavy (non-hydrogen) atoms. The van der Waals surface area contributed by atoms with Gasteiger partial charge >= 0.3 is 0 Å². The molecule has 0 N–H and O–H groups in total. The number of ether oxygens (including phenoxy) is 1. The molecule has 0 radical (unpaired) electrons. The van der Waals surface area contributed by atoms with Gasteiger partial charge in [-0.15, -0.1) is 0 Å². The van der Waals surface area contributed by atoms with Crippen molar-refractivity contribution in [2.24, 2.45) is 0 Å². The van der Waals surface area contributed by atoms with Crippen LogP contribution in [0.1, 0.15) is 24.3 Å². The number of hydrogen-bond donors (Lipinski definition) is 0. The standard InChI is InChI=1S/C17H19N3O/c1-2-4-14(5-3-1)15-10-17(21-12-15)6-9-20(13-17)16-11-18-7-8-19-16/h1-5,7-8,11,15H,6,9-10,12-13H2. The van der Waals surface area contributed by atoms with Gasteiger partial charge in [0.05, 0.1) is 18.4 Å². The number of aromatic nitrogens is 2. The van der Waals surface area contributed by atoms with Gasteiger partial charge in [-0.1, -0.05) is 30.3 Å². The van der Waals surface area contributed by atoms with Gasteiger partial charge in [0.1, 0.15) is 5.82 Å². The second-order valence-corrected chi connectivity index (χ2v) is 6.04. The van der Waals surface area contributed by atoms with E-state index in [0.29, 0.717) is 5.92 Å². The molecule has 4 nitrogen and oxygen atoms in total. The summed E-state index contributed by atoms with van der Waals surface area (Å²) in [6.07, 6.45) is 7.48. The minimum absolute atomic E-state index is 0.00195. The third kappa shape index (κ3) is 2.40. The van der Waals surface area contributed by atoms with E-state index >= 15 is 0 Å². The van der Waals surface area contributed by atoms with E-state index in [-0.39, 0.29) is 5.60 Å². The maximum atomic E-state index is 6.23. The van der Waals surface area contributed by atoms with Crippen molar-refractivity contribution in [1.82, 2.24) is 9.97 Å². The Morgan fingerprint density at radius 2 is 2.10 bits per heavy atom. The van der Waals surface area contributed by atoms with Crippen molar-refractivity contribution in [2.45, 2.75) is 24.4 Å². The molecule has 2 fully saturated rings. The van der Waals surface area contributed by atoms with Gasteiger partial charge in [-0.3, -0.25) is 4.98 Å². The Kier molecular flexibility index (Phi) is 3.11. The summed E-state index contributed by atoms with van der Waals surface area (Å²) >= 11 is 0. The van der Waals surface area contributed by atoms with E-state index in [1.54, 1.807) is 12.4 Å². The third-order valence-electron chi connectivity index (χ3n) is 4.67. The Morgan fingerprint density at radius 3 is 2.90 bits per heavy atom. The van der Waals surface area contributed by atoms with Gasteiger partial charge in [0.15, 0.2) is 0 Å². The monoisotopic (exact) mass is 281 g/mol. The lowest BCUT2D eigenvalue weighted by molar-refractivity contribution is 0.0226. The Hall–Kier alpha value is -1.94. The van der Waals surface area contributed by atoms with Crippen molar-refractivity contribution < 1.29 is 4.74 Å². The highest BCUT2D eigenvalue weighted by Gasteiger charge is 2.46. The highest BCUT2D eigenvalue weighted by Crippen LogP contribution is 2.42. The summed E-state index contributed by atoms with van der Waals surface area (Å²) in [6, 6.07) is 10.7. The highest BCUT2D eigenvalue weighted by molar-refractivity contribution is 5.38. The minimum Gasteiger partial charge on any atom is -0.372 e. The molecular formula is C17H19N3O. The molecule has 3 heterocycles. The van der Waals surface area contributed by atoms with Crippen LogP contribution >= 0.6 is 0 Å². The van der Waals surface area contributed by atoms with Gasteiger partial charge in [0.25, 0.3) is 0 Å². The molecule has 4 rings (SSSR count). The summed E-state index contributed by atoms with van der Waals surface area (Å²) in [6.45, 7) is 2.76. The largest absolute Gasteiger partial charge is 0.372 e. The van der Waals surface area contributed by atoms with Gasteiger partial charge in [-0.05, 0) is 18.4 Å². The van der Waals surface area contributed by atoms with Crippen LogP contribution < -0.4 is 4.90 Å². The van der Waals surface area contributed by atoms with Crippen LogP contribution in [-0.4, -0.2) is 35.3 Å². The van der Waals surface area contributed by atoms with Crippen LogP contribution in [-0.2, 0) is 4.74 Å². The fourth-order valence-electron chi connectivity index (χ4n) is 3.56. The van der Waals surface area contributed by atoms with E-state index in [2.05, 4.69) is 45.2 Å². The molecule has 1 aromatic heterocycles. The Bertz CT molecular complexity index is 546. The van der Waals surface area contributed by atoms with Crippen LogP contribution in [0.5, 0.6) is 0 Å². The maximum absolute atomic E-state index is 6.23. The SMILES string of the molecule is c1ccc(C2COC3(CCN(c4cnccn4)C3)C2)cc1. The Morgan fingerprint density at radius 1 is 1.19 bits per heavy atom. The fourth-order valence-corrected chi connectivity index (χ4v) is 3.56. The van der Waals surface area contributed by atoms with E-state index in [0.717, 1.165) is 38.4 Å². The first-order valence-corrected chi connectivity index (χ1v) is 7.55. The number of anilines is 1. The van der Waals surface area contributed by atoms with E-state index in [1.165, 1.54) is 5.56 Å². The zero-order valence-electron chi connectivity index (χ0n) is 12.0. The highest BCUT2D eigenvalue weighted by atomic mass is 16.5. The molecule has 2 aliphatic rings. The predicted molar refractivity (Wildman–Crippen MR) is 81.3 cm³/mol. The van der Waals surface area contributed by atoms with Crippen LogP contribution in [0.25, 0.3) is 0 Å². The molecule has 1 spiro atoms. The summed E-state index contributed by atoms with van der Waals surface area (Å²) in [7, 11) is 0. The van der Waals surface area contributed by atoms with Gasteiger partial charge < -0.3 is 9.64 Å². The van der Waals surface area contributed by atoms with Gasteiger partial charge in [0.2, 0.25) is 0 Å². The maximum Gasteiger partial charge on any atom is 0.147 e. The summed E-state index contributed by atoms with van der Waals surface area (Å²) in [4.78, 5) is 10.9. The third-order valence-corrected chi connectivity index (χ3v) is 4.67. The van der Waals surface area contributed by atoms with E-state index < -0.39 is 0 Å². The van der Waals surface area contributed by atoms with E-state index in [9.17, 15) is 0 Å². The molecule has 0 amide bonds. The lowest BCUT2D eigenvalue weighted by Gasteiger charge is -2.23. The number of nitrogens with zero attached hydrogens (tertiary/aromatic N) is 3. The molecule has 0 bridgehead atoms. The van der Waals surface area contributed by atoms with Crippen molar-refractivity contribution >= 4 is 5.82 Å². The first-order chi connectivity index (χ1) is 10.3. The molecule has 0 saturated carbocycles. The molecule has 108 valence electrons. The minimum atomic E-state index is -0.00195.